The van der Waals surface area contributed by atoms with Crippen molar-refractivity contribution >= 4 is 5.91 Å². The third-order valence-electron chi connectivity index (χ3n) is 3.62. The molecule has 0 radical (unpaired) electrons. The highest BCUT2D eigenvalue weighted by molar-refractivity contribution is 5.77. The lowest BCUT2D eigenvalue weighted by Crippen LogP contribution is -2.47. The van der Waals surface area contributed by atoms with E-state index < -0.39 is 0 Å². The van der Waals surface area contributed by atoms with Crippen LogP contribution in [0.1, 0.15) is 26.2 Å². The molecule has 0 saturated carbocycles. The summed E-state index contributed by atoms with van der Waals surface area (Å²) in [6.07, 6.45) is 2.83. The first-order chi connectivity index (χ1) is 8.79. The molecule has 1 unspecified atom stereocenters. The van der Waals surface area contributed by atoms with Crippen molar-refractivity contribution in [1.82, 2.24) is 10.2 Å². The van der Waals surface area contributed by atoms with Crippen molar-refractivity contribution in [3.63, 3.8) is 0 Å². The van der Waals surface area contributed by atoms with Crippen LogP contribution in [-0.4, -0.2) is 62.4 Å². The molecule has 5 heteroatoms. The zero-order valence-electron chi connectivity index (χ0n) is 11.2. The lowest BCUT2D eigenvalue weighted by atomic mass is 10.1. The number of carbonyl (C=O) groups excluding carboxylic acids is 1. The fourth-order valence-electron chi connectivity index (χ4n) is 2.60. The molecule has 0 bridgehead atoms. The summed E-state index contributed by atoms with van der Waals surface area (Å²) in [5.74, 6) is 0.243. The van der Waals surface area contributed by atoms with Gasteiger partial charge in [-0.15, -0.1) is 0 Å². The number of hydrogen-bond donors (Lipinski definition) is 1. The van der Waals surface area contributed by atoms with Gasteiger partial charge in [0.15, 0.2) is 0 Å². The first kappa shape index (κ1) is 13.8. The molecule has 18 heavy (non-hydrogen) atoms. The number of hydrogen-bond acceptors (Lipinski definition) is 4. The lowest BCUT2D eigenvalue weighted by molar-refractivity contribution is -0.135. The van der Waals surface area contributed by atoms with Crippen LogP contribution in [0, 0.1) is 0 Å². The summed E-state index contributed by atoms with van der Waals surface area (Å²) in [5.41, 5.74) is 0. The molecule has 5 nitrogen and oxygen atoms in total. The standard InChI is InChI=1S/C13H24N2O3/c1-2-18-12-3-6-15(7-4-12)13(16)9-11-10-17-8-5-14-11/h11-12,14H,2-10H2,1H3. The number of likely N-dealkylation sites (tertiary alicyclic amines) is 1. The maximum Gasteiger partial charge on any atom is 0.224 e. The predicted octanol–water partition coefficient (Wildman–Crippen LogP) is 0.392. The van der Waals surface area contributed by atoms with E-state index in [1.165, 1.54) is 0 Å². The molecule has 2 aliphatic rings. The Labute approximate surface area is 109 Å². The highest BCUT2D eigenvalue weighted by Crippen LogP contribution is 2.15. The van der Waals surface area contributed by atoms with Gasteiger partial charge in [0.25, 0.3) is 0 Å². The summed E-state index contributed by atoms with van der Waals surface area (Å²) in [5, 5.41) is 3.32. The van der Waals surface area contributed by atoms with Gasteiger partial charge in [-0.05, 0) is 19.8 Å². The molecule has 2 saturated heterocycles. The Morgan fingerprint density at radius 3 is 2.83 bits per heavy atom. The molecule has 2 heterocycles. The quantitative estimate of drug-likeness (QED) is 0.790. The third-order valence-corrected chi connectivity index (χ3v) is 3.62. The monoisotopic (exact) mass is 256 g/mol. The van der Waals surface area contributed by atoms with Crippen molar-refractivity contribution in [3.8, 4) is 0 Å². The molecule has 0 aromatic carbocycles. The molecule has 2 aliphatic heterocycles. The molecule has 1 amide bonds. The highest BCUT2D eigenvalue weighted by atomic mass is 16.5. The normalized spacial score (nSPS) is 26.3. The smallest absolute Gasteiger partial charge is 0.224 e. The van der Waals surface area contributed by atoms with Crippen LogP contribution in [0.2, 0.25) is 0 Å². The number of carbonyl (C=O) groups is 1. The van der Waals surface area contributed by atoms with Crippen LogP contribution in [0.3, 0.4) is 0 Å². The van der Waals surface area contributed by atoms with Crippen LogP contribution in [0.5, 0.6) is 0 Å². The number of morpholine rings is 1. The van der Waals surface area contributed by atoms with E-state index in [0.717, 1.165) is 45.7 Å². The molecule has 0 aromatic heterocycles. The largest absolute Gasteiger partial charge is 0.378 e. The van der Waals surface area contributed by atoms with Crippen LogP contribution in [0.25, 0.3) is 0 Å². The SMILES string of the molecule is CCOC1CCN(C(=O)CC2COCCN2)CC1. The van der Waals surface area contributed by atoms with Gasteiger partial charge in [-0.1, -0.05) is 0 Å². The van der Waals surface area contributed by atoms with Gasteiger partial charge in [0, 0.05) is 38.7 Å². The van der Waals surface area contributed by atoms with E-state index in [-0.39, 0.29) is 11.9 Å². The van der Waals surface area contributed by atoms with Gasteiger partial charge in [0.05, 0.1) is 19.3 Å². The van der Waals surface area contributed by atoms with Crippen molar-refractivity contribution in [2.75, 3.05) is 39.5 Å². The Bertz CT molecular complexity index is 259. The summed E-state index contributed by atoms with van der Waals surface area (Å²) in [6.45, 7) is 6.71. The van der Waals surface area contributed by atoms with Gasteiger partial charge in [-0.25, -0.2) is 0 Å². The minimum Gasteiger partial charge on any atom is -0.378 e. The Balaban J connectivity index is 1.70. The summed E-state index contributed by atoms with van der Waals surface area (Å²) < 4.78 is 11.0. The molecule has 1 N–H and O–H groups in total. The molecule has 2 rings (SSSR count). The number of nitrogens with one attached hydrogen (secondary N) is 1. The van der Waals surface area contributed by atoms with Crippen LogP contribution in [0.4, 0.5) is 0 Å². The second kappa shape index (κ2) is 7.07. The highest BCUT2D eigenvalue weighted by Gasteiger charge is 2.25. The van der Waals surface area contributed by atoms with E-state index >= 15 is 0 Å². The van der Waals surface area contributed by atoms with Crippen LogP contribution >= 0.6 is 0 Å². The number of rotatable bonds is 4. The molecule has 0 aromatic rings. The number of nitrogens with zero attached hydrogens (tertiary/aromatic N) is 1. The van der Waals surface area contributed by atoms with Gasteiger partial charge < -0.3 is 19.7 Å². The number of amides is 1. The Morgan fingerprint density at radius 2 is 2.22 bits per heavy atom. The average molecular weight is 256 g/mol. The summed E-state index contributed by atoms with van der Waals surface area (Å²) in [7, 11) is 0. The summed E-state index contributed by atoms with van der Waals surface area (Å²) in [4.78, 5) is 14.1. The van der Waals surface area contributed by atoms with Gasteiger partial charge in [0.1, 0.15) is 0 Å². The van der Waals surface area contributed by atoms with E-state index in [9.17, 15) is 4.79 Å². The molecule has 104 valence electrons. The first-order valence-corrected chi connectivity index (χ1v) is 7.00. The fraction of sp³-hybridized carbons (Fsp3) is 0.923. The Kier molecular flexibility index (Phi) is 5.41. The summed E-state index contributed by atoms with van der Waals surface area (Å²) >= 11 is 0. The number of piperidine rings is 1. The molecule has 0 spiro atoms. The van der Waals surface area contributed by atoms with E-state index in [0.29, 0.717) is 19.1 Å². The second-order valence-electron chi connectivity index (χ2n) is 4.97. The first-order valence-electron chi connectivity index (χ1n) is 7.00. The zero-order valence-corrected chi connectivity index (χ0v) is 11.2. The Morgan fingerprint density at radius 1 is 1.44 bits per heavy atom. The van der Waals surface area contributed by atoms with Gasteiger partial charge in [-0.3, -0.25) is 4.79 Å². The van der Waals surface area contributed by atoms with Crippen LogP contribution < -0.4 is 5.32 Å². The van der Waals surface area contributed by atoms with E-state index in [1.807, 2.05) is 11.8 Å². The van der Waals surface area contributed by atoms with E-state index in [1.54, 1.807) is 0 Å². The van der Waals surface area contributed by atoms with Gasteiger partial charge >= 0.3 is 0 Å². The topological polar surface area (TPSA) is 50.8 Å². The third kappa shape index (κ3) is 3.93. The van der Waals surface area contributed by atoms with Crippen LogP contribution in [0.15, 0.2) is 0 Å². The molecular weight excluding hydrogens is 232 g/mol. The zero-order chi connectivity index (χ0) is 12.8. The van der Waals surface area contributed by atoms with Crippen molar-refractivity contribution in [2.45, 2.75) is 38.3 Å². The lowest BCUT2D eigenvalue weighted by Gasteiger charge is -2.33. The molecule has 2 fully saturated rings. The minimum atomic E-state index is 0.191. The van der Waals surface area contributed by atoms with Gasteiger partial charge in [0.2, 0.25) is 5.91 Å². The average Bonchev–Trinajstić information content (AvgIpc) is 2.41. The molecule has 0 aliphatic carbocycles. The maximum atomic E-state index is 12.1. The van der Waals surface area contributed by atoms with Crippen molar-refractivity contribution in [2.24, 2.45) is 0 Å². The van der Waals surface area contributed by atoms with E-state index in [4.69, 9.17) is 9.47 Å². The van der Waals surface area contributed by atoms with Crippen LogP contribution in [-0.2, 0) is 14.3 Å². The Hall–Kier alpha value is -0.650. The van der Waals surface area contributed by atoms with Crippen molar-refractivity contribution in [3.05, 3.63) is 0 Å². The number of ether oxygens (including phenoxy) is 2. The fourth-order valence-corrected chi connectivity index (χ4v) is 2.60. The van der Waals surface area contributed by atoms with Crippen molar-refractivity contribution < 1.29 is 14.3 Å². The molecular formula is C13H24N2O3. The second-order valence-corrected chi connectivity index (χ2v) is 4.97. The van der Waals surface area contributed by atoms with Gasteiger partial charge in [-0.2, -0.15) is 0 Å². The minimum absolute atomic E-state index is 0.191. The molecule has 1 atom stereocenters. The summed E-state index contributed by atoms with van der Waals surface area (Å²) in [6, 6.07) is 0.191. The predicted molar refractivity (Wildman–Crippen MR) is 68.5 cm³/mol. The van der Waals surface area contributed by atoms with Crippen molar-refractivity contribution in [1.29, 1.82) is 0 Å². The van der Waals surface area contributed by atoms with E-state index in [2.05, 4.69) is 5.32 Å². The maximum absolute atomic E-state index is 12.1.